The number of hydrogen-bond acceptors (Lipinski definition) is 2. The molecule has 18 heavy (non-hydrogen) atoms. The fourth-order valence-electron chi connectivity index (χ4n) is 1.75. The maximum Gasteiger partial charge on any atom is 0.263 e. The molecule has 0 unspecified atom stereocenters. The van der Waals surface area contributed by atoms with Crippen LogP contribution in [-0.2, 0) is 0 Å². The first kappa shape index (κ1) is 12.4. The predicted octanol–water partition coefficient (Wildman–Crippen LogP) is 3.88. The second-order valence-electron chi connectivity index (χ2n) is 3.92. The SMILES string of the molecule is COc1ccc(-c2cc(N)cc(C(F)F)c2)cc1. The molecule has 94 valence electrons. The van der Waals surface area contributed by atoms with Crippen LogP contribution in [0.2, 0.25) is 0 Å². The van der Waals surface area contributed by atoms with Crippen LogP contribution < -0.4 is 10.5 Å². The van der Waals surface area contributed by atoms with E-state index in [9.17, 15) is 8.78 Å². The van der Waals surface area contributed by atoms with Crippen LogP contribution in [0.1, 0.15) is 12.0 Å². The van der Waals surface area contributed by atoms with Gasteiger partial charge in [-0.2, -0.15) is 0 Å². The first-order valence-corrected chi connectivity index (χ1v) is 5.43. The molecule has 2 N–H and O–H groups in total. The summed E-state index contributed by atoms with van der Waals surface area (Å²) in [6, 6.07) is 11.6. The number of ether oxygens (including phenoxy) is 1. The molecule has 0 saturated carbocycles. The molecule has 0 aromatic heterocycles. The van der Waals surface area contributed by atoms with E-state index < -0.39 is 6.43 Å². The number of nitrogen functional groups attached to an aromatic ring is 1. The Kier molecular flexibility index (Phi) is 3.46. The van der Waals surface area contributed by atoms with Gasteiger partial charge in [0.2, 0.25) is 0 Å². The molecule has 0 saturated heterocycles. The summed E-state index contributed by atoms with van der Waals surface area (Å²) in [7, 11) is 1.57. The zero-order chi connectivity index (χ0) is 13.1. The summed E-state index contributed by atoms with van der Waals surface area (Å²) >= 11 is 0. The van der Waals surface area contributed by atoms with E-state index in [0.717, 1.165) is 11.3 Å². The summed E-state index contributed by atoms with van der Waals surface area (Å²) in [4.78, 5) is 0. The van der Waals surface area contributed by atoms with Crippen molar-refractivity contribution in [3.63, 3.8) is 0 Å². The molecule has 0 radical (unpaired) electrons. The van der Waals surface area contributed by atoms with Crippen molar-refractivity contribution >= 4 is 5.69 Å². The number of rotatable bonds is 3. The van der Waals surface area contributed by atoms with Crippen molar-refractivity contribution in [3.05, 3.63) is 48.0 Å². The lowest BCUT2D eigenvalue weighted by Crippen LogP contribution is -1.92. The third kappa shape index (κ3) is 2.59. The highest BCUT2D eigenvalue weighted by molar-refractivity contribution is 5.69. The fourth-order valence-corrected chi connectivity index (χ4v) is 1.75. The Morgan fingerprint density at radius 2 is 1.67 bits per heavy atom. The van der Waals surface area contributed by atoms with Gasteiger partial charge >= 0.3 is 0 Å². The Labute approximate surface area is 104 Å². The molecule has 2 nitrogen and oxygen atoms in total. The maximum absolute atomic E-state index is 12.7. The largest absolute Gasteiger partial charge is 0.497 e. The molecule has 2 rings (SSSR count). The number of anilines is 1. The molecule has 2 aromatic carbocycles. The zero-order valence-electron chi connectivity index (χ0n) is 9.86. The molecule has 0 amide bonds. The average molecular weight is 249 g/mol. The molecule has 0 spiro atoms. The Morgan fingerprint density at radius 1 is 1.00 bits per heavy atom. The molecule has 0 fully saturated rings. The Morgan fingerprint density at radius 3 is 2.22 bits per heavy atom. The van der Waals surface area contributed by atoms with Crippen molar-refractivity contribution in [2.75, 3.05) is 12.8 Å². The molecular formula is C14H13F2NO. The van der Waals surface area contributed by atoms with Crippen LogP contribution in [-0.4, -0.2) is 7.11 Å². The van der Waals surface area contributed by atoms with Crippen LogP contribution in [0.25, 0.3) is 11.1 Å². The molecule has 4 heteroatoms. The number of hydrogen-bond donors (Lipinski definition) is 1. The summed E-state index contributed by atoms with van der Waals surface area (Å²) in [5.41, 5.74) is 7.39. The van der Waals surface area contributed by atoms with Gasteiger partial charge in [-0.05, 0) is 41.5 Å². The van der Waals surface area contributed by atoms with Crippen molar-refractivity contribution in [3.8, 4) is 16.9 Å². The van der Waals surface area contributed by atoms with Crippen molar-refractivity contribution in [2.24, 2.45) is 0 Å². The van der Waals surface area contributed by atoms with Gasteiger partial charge < -0.3 is 10.5 Å². The van der Waals surface area contributed by atoms with Gasteiger partial charge in [0.05, 0.1) is 7.11 Å². The molecule has 0 aliphatic rings. The van der Waals surface area contributed by atoms with Gasteiger partial charge in [-0.25, -0.2) is 8.78 Å². The Balaban J connectivity index is 2.42. The minimum absolute atomic E-state index is 0.0687. The molecule has 2 aromatic rings. The number of nitrogens with two attached hydrogens (primary N) is 1. The summed E-state index contributed by atoms with van der Waals surface area (Å²) in [6.07, 6.45) is -2.52. The normalized spacial score (nSPS) is 10.7. The van der Waals surface area contributed by atoms with Crippen molar-refractivity contribution in [1.29, 1.82) is 0 Å². The monoisotopic (exact) mass is 249 g/mol. The molecule has 0 atom stereocenters. The minimum atomic E-state index is -2.52. The fraction of sp³-hybridized carbons (Fsp3) is 0.143. The van der Waals surface area contributed by atoms with E-state index in [0.29, 0.717) is 11.3 Å². The van der Waals surface area contributed by atoms with Gasteiger partial charge in [-0.3, -0.25) is 0 Å². The highest BCUT2D eigenvalue weighted by Crippen LogP contribution is 2.29. The summed E-state index contributed by atoms with van der Waals surface area (Å²) in [5.74, 6) is 0.719. The molecule has 0 aliphatic carbocycles. The number of methoxy groups -OCH3 is 1. The van der Waals surface area contributed by atoms with Gasteiger partial charge in [0, 0.05) is 11.3 Å². The molecule has 0 aliphatic heterocycles. The highest BCUT2D eigenvalue weighted by atomic mass is 19.3. The predicted molar refractivity (Wildman–Crippen MR) is 67.8 cm³/mol. The van der Waals surface area contributed by atoms with E-state index in [2.05, 4.69) is 0 Å². The summed E-state index contributed by atoms with van der Waals surface area (Å²) in [6.45, 7) is 0. The maximum atomic E-state index is 12.7. The highest BCUT2D eigenvalue weighted by Gasteiger charge is 2.10. The molecular weight excluding hydrogens is 236 g/mol. The second-order valence-corrected chi connectivity index (χ2v) is 3.92. The van der Waals surface area contributed by atoms with E-state index in [4.69, 9.17) is 10.5 Å². The third-order valence-electron chi connectivity index (χ3n) is 2.65. The van der Waals surface area contributed by atoms with Crippen LogP contribution >= 0.6 is 0 Å². The van der Waals surface area contributed by atoms with Crippen LogP contribution in [0.15, 0.2) is 42.5 Å². The van der Waals surface area contributed by atoms with E-state index in [1.807, 2.05) is 12.1 Å². The van der Waals surface area contributed by atoms with Crippen molar-refractivity contribution in [1.82, 2.24) is 0 Å². The summed E-state index contributed by atoms with van der Waals surface area (Å²) < 4.78 is 30.4. The standard InChI is InChI=1S/C14H13F2NO/c1-18-13-4-2-9(3-5-13)10-6-11(14(15)16)8-12(17)7-10/h2-8,14H,17H2,1H3. The third-order valence-corrected chi connectivity index (χ3v) is 2.65. The summed E-state index contributed by atoms with van der Waals surface area (Å²) in [5, 5.41) is 0. The van der Waals surface area contributed by atoms with Gasteiger partial charge in [-0.1, -0.05) is 12.1 Å². The number of alkyl halides is 2. The van der Waals surface area contributed by atoms with Gasteiger partial charge in [-0.15, -0.1) is 0 Å². The second kappa shape index (κ2) is 5.04. The van der Waals surface area contributed by atoms with Crippen LogP contribution in [0.4, 0.5) is 14.5 Å². The molecule has 0 heterocycles. The first-order chi connectivity index (χ1) is 8.60. The Bertz CT molecular complexity index is 538. The van der Waals surface area contributed by atoms with Crippen molar-refractivity contribution < 1.29 is 13.5 Å². The first-order valence-electron chi connectivity index (χ1n) is 5.43. The van der Waals surface area contributed by atoms with Crippen molar-refractivity contribution in [2.45, 2.75) is 6.43 Å². The van der Waals surface area contributed by atoms with E-state index in [-0.39, 0.29) is 5.56 Å². The molecule has 0 bridgehead atoms. The smallest absolute Gasteiger partial charge is 0.263 e. The quantitative estimate of drug-likeness (QED) is 0.838. The van der Waals surface area contributed by atoms with Crippen LogP contribution in [0.5, 0.6) is 5.75 Å². The lowest BCUT2D eigenvalue weighted by molar-refractivity contribution is 0.151. The lowest BCUT2D eigenvalue weighted by atomic mass is 10.0. The number of halogens is 2. The van der Waals surface area contributed by atoms with Gasteiger partial charge in [0.1, 0.15) is 5.75 Å². The Hall–Kier alpha value is -2.10. The van der Waals surface area contributed by atoms with E-state index >= 15 is 0 Å². The average Bonchev–Trinajstić information content (AvgIpc) is 2.38. The van der Waals surface area contributed by atoms with Gasteiger partial charge in [0.15, 0.2) is 0 Å². The topological polar surface area (TPSA) is 35.2 Å². The number of benzene rings is 2. The zero-order valence-corrected chi connectivity index (χ0v) is 9.86. The van der Waals surface area contributed by atoms with Crippen LogP contribution in [0.3, 0.4) is 0 Å². The van der Waals surface area contributed by atoms with E-state index in [1.165, 1.54) is 12.1 Å². The lowest BCUT2D eigenvalue weighted by Gasteiger charge is -2.08. The van der Waals surface area contributed by atoms with Gasteiger partial charge in [0.25, 0.3) is 6.43 Å². The van der Waals surface area contributed by atoms with Crippen LogP contribution in [0, 0.1) is 0 Å². The minimum Gasteiger partial charge on any atom is -0.497 e. The van der Waals surface area contributed by atoms with E-state index in [1.54, 1.807) is 25.3 Å².